The number of benzene rings is 2. The number of carbonyl (C=O) groups excluding carboxylic acids is 1. The number of amides is 1. The molecule has 0 bridgehead atoms. The molecule has 0 aliphatic carbocycles. The molecule has 0 saturated carbocycles. The maximum atomic E-state index is 12.2. The van der Waals surface area contributed by atoms with Crippen molar-refractivity contribution in [2.45, 2.75) is 26.4 Å². The zero-order chi connectivity index (χ0) is 22.4. The summed E-state index contributed by atoms with van der Waals surface area (Å²) in [5.41, 5.74) is 1.02. The Morgan fingerprint density at radius 1 is 1.03 bits per heavy atom. The Kier molecular flexibility index (Phi) is 6.65. The van der Waals surface area contributed by atoms with Crippen LogP contribution in [-0.4, -0.2) is 48.8 Å². The van der Waals surface area contributed by atoms with Crippen molar-refractivity contribution < 1.29 is 14.3 Å². The van der Waals surface area contributed by atoms with E-state index >= 15 is 0 Å². The van der Waals surface area contributed by atoms with Gasteiger partial charge >= 0.3 is 12.1 Å². The average Bonchev–Trinajstić information content (AvgIpc) is 2.74. The lowest BCUT2D eigenvalue weighted by Crippen LogP contribution is -2.50. The van der Waals surface area contributed by atoms with Crippen LogP contribution < -0.4 is 14.5 Å². The van der Waals surface area contributed by atoms with Gasteiger partial charge in [0, 0.05) is 31.9 Å². The third-order valence-corrected chi connectivity index (χ3v) is 4.67. The number of hydrogen-bond donors (Lipinski definition) is 1. The molecule has 1 N–H and O–H groups in total. The summed E-state index contributed by atoms with van der Waals surface area (Å²) in [6.45, 7) is 8.11. The van der Waals surface area contributed by atoms with Gasteiger partial charge in [0.05, 0.1) is 5.69 Å². The van der Waals surface area contributed by atoms with Gasteiger partial charge < -0.3 is 19.3 Å². The number of nitriles is 1. The standard InChI is InChI=1S/C23H27N5O3/c1-23(2,3)31-22(29)27-15-13-26(14-16-27)18-9-11-19(12-10-18)28(17-24)21(25)30-20-7-5-4-6-8-20/h4-12,25H,13-16H2,1-3H3. The van der Waals surface area contributed by atoms with E-state index in [0.29, 0.717) is 37.6 Å². The molecule has 1 heterocycles. The van der Waals surface area contributed by atoms with E-state index in [1.165, 1.54) is 0 Å². The molecule has 1 fully saturated rings. The van der Waals surface area contributed by atoms with Gasteiger partial charge in [0.15, 0.2) is 6.19 Å². The topological polar surface area (TPSA) is 92.9 Å². The van der Waals surface area contributed by atoms with Crippen LogP contribution in [0.5, 0.6) is 5.75 Å². The fourth-order valence-electron chi connectivity index (χ4n) is 3.15. The van der Waals surface area contributed by atoms with E-state index < -0.39 is 5.60 Å². The van der Waals surface area contributed by atoms with Gasteiger partial charge in [-0.05, 0) is 57.2 Å². The summed E-state index contributed by atoms with van der Waals surface area (Å²) >= 11 is 0. The maximum Gasteiger partial charge on any atom is 0.410 e. The smallest absolute Gasteiger partial charge is 0.410 e. The van der Waals surface area contributed by atoms with Gasteiger partial charge in [-0.3, -0.25) is 0 Å². The average molecular weight is 422 g/mol. The zero-order valence-electron chi connectivity index (χ0n) is 18.0. The highest BCUT2D eigenvalue weighted by Gasteiger charge is 2.26. The molecule has 0 spiro atoms. The highest BCUT2D eigenvalue weighted by atomic mass is 16.6. The van der Waals surface area contributed by atoms with Crippen LogP contribution in [0.3, 0.4) is 0 Å². The van der Waals surface area contributed by atoms with Crippen LogP contribution in [0.2, 0.25) is 0 Å². The number of anilines is 2. The zero-order valence-corrected chi connectivity index (χ0v) is 18.0. The minimum atomic E-state index is -0.505. The van der Waals surface area contributed by atoms with Crippen LogP contribution in [0.15, 0.2) is 54.6 Å². The van der Waals surface area contributed by atoms with Crippen LogP contribution in [0.1, 0.15) is 20.8 Å². The normalized spacial score (nSPS) is 13.9. The Labute approximate surface area is 182 Å². The van der Waals surface area contributed by atoms with E-state index in [4.69, 9.17) is 14.9 Å². The summed E-state index contributed by atoms with van der Waals surface area (Å²) in [6.07, 6.45) is 1.70. The van der Waals surface area contributed by atoms with Gasteiger partial charge in [-0.15, -0.1) is 0 Å². The van der Waals surface area contributed by atoms with Crippen LogP contribution in [0.4, 0.5) is 16.2 Å². The molecule has 3 rings (SSSR count). The van der Waals surface area contributed by atoms with E-state index in [9.17, 15) is 10.1 Å². The second kappa shape index (κ2) is 9.39. The summed E-state index contributed by atoms with van der Waals surface area (Å²) in [5.74, 6) is 0.493. The summed E-state index contributed by atoms with van der Waals surface area (Å²) in [7, 11) is 0. The molecule has 1 amide bonds. The van der Waals surface area contributed by atoms with Crippen molar-refractivity contribution in [1.29, 1.82) is 10.7 Å². The van der Waals surface area contributed by atoms with Gasteiger partial charge in [-0.25, -0.2) is 10.2 Å². The molecular formula is C23H27N5O3. The number of para-hydroxylation sites is 1. The Hall–Kier alpha value is -3.73. The Morgan fingerprint density at radius 3 is 2.19 bits per heavy atom. The van der Waals surface area contributed by atoms with E-state index in [1.54, 1.807) is 41.3 Å². The molecule has 2 aromatic rings. The predicted molar refractivity (Wildman–Crippen MR) is 119 cm³/mol. The first-order valence-electron chi connectivity index (χ1n) is 10.1. The highest BCUT2D eigenvalue weighted by Crippen LogP contribution is 2.23. The molecule has 0 unspecified atom stereocenters. The van der Waals surface area contributed by atoms with Crippen molar-refractivity contribution in [1.82, 2.24) is 4.90 Å². The summed E-state index contributed by atoms with van der Waals surface area (Å²) in [5, 5.41) is 17.6. The minimum Gasteiger partial charge on any atom is -0.444 e. The van der Waals surface area contributed by atoms with Gasteiger partial charge in [-0.1, -0.05) is 18.2 Å². The SMILES string of the molecule is CC(C)(C)OC(=O)N1CCN(c2ccc(N(C#N)C(=N)Oc3ccccc3)cc2)CC1. The fourth-order valence-corrected chi connectivity index (χ4v) is 3.15. The molecule has 0 radical (unpaired) electrons. The van der Waals surface area contributed by atoms with Crippen LogP contribution in [-0.2, 0) is 4.74 Å². The number of hydrogen-bond acceptors (Lipinski definition) is 6. The first-order chi connectivity index (χ1) is 14.8. The van der Waals surface area contributed by atoms with Crippen molar-refractivity contribution in [2.75, 3.05) is 36.0 Å². The van der Waals surface area contributed by atoms with Gasteiger partial charge in [-0.2, -0.15) is 10.2 Å². The first-order valence-corrected chi connectivity index (χ1v) is 10.1. The van der Waals surface area contributed by atoms with Gasteiger partial charge in [0.1, 0.15) is 11.4 Å². The van der Waals surface area contributed by atoms with Crippen molar-refractivity contribution in [3.63, 3.8) is 0 Å². The molecule has 1 aliphatic heterocycles. The summed E-state index contributed by atoms with van der Waals surface area (Å²) in [4.78, 5) is 17.2. The Bertz CT molecular complexity index is 940. The lowest BCUT2D eigenvalue weighted by atomic mass is 10.2. The van der Waals surface area contributed by atoms with E-state index in [-0.39, 0.29) is 12.1 Å². The lowest BCUT2D eigenvalue weighted by Gasteiger charge is -2.36. The minimum absolute atomic E-state index is 0.271. The molecule has 162 valence electrons. The second-order valence-electron chi connectivity index (χ2n) is 8.13. The maximum absolute atomic E-state index is 12.2. The molecule has 0 atom stereocenters. The highest BCUT2D eigenvalue weighted by molar-refractivity contribution is 5.93. The Balaban J connectivity index is 1.59. The summed E-state index contributed by atoms with van der Waals surface area (Å²) in [6, 6.07) is 16.0. The van der Waals surface area contributed by atoms with E-state index in [1.807, 2.05) is 45.2 Å². The fraction of sp³-hybridized carbons (Fsp3) is 0.348. The number of rotatable bonds is 3. The first kappa shape index (κ1) is 22.0. The summed E-state index contributed by atoms with van der Waals surface area (Å²) < 4.78 is 10.9. The molecular weight excluding hydrogens is 394 g/mol. The van der Waals surface area contributed by atoms with Crippen molar-refractivity contribution in [2.24, 2.45) is 0 Å². The molecule has 0 aromatic heterocycles. The van der Waals surface area contributed by atoms with Crippen LogP contribution >= 0.6 is 0 Å². The second-order valence-corrected chi connectivity index (χ2v) is 8.13. The van der Waals surface area contributed by atoms with Crippen molar-refractivity contribution in [3.05, 3.63) is 54.6 Å². The van der Waals surface area contributed by atoms with E-state index in [2.05, 4.69) is 4.90 Å². The molecule has 8 heteroatoms. The van der Waals surface area contributed by atoms with Crippen molar-refractivity contribution >= 4 is 23.5 Å². The third-order valence-electron chi connectivity index (χ3n) is 4.67. The third kappa shape index (κ3) is 5.89. The molecule has 2 aromatic carbocycles. The van der Waals surface area contributed by atoms with Gasteiger partial charge in [0.2, 0.25) is 0 Å². The predicted octanol–water partition coefficient (Wildman–Crippen LogP) is 4.04. The van der Waals surface area contributed by atoms with Crippen molar-refractivity contribution in [3.8, 4) is 11.9 Å². The van der Waals surface area contributed by atoms with Crippen LogP contribution in [0.25, 0.3) is 0 Å². The number of ether oxygens (including phenoxy) is 2. The molecule has 1 saturated heterocycles. The Morgan fingerprint density at radius 2 is 1.65 bits per heavy atom. The molecule has 8 nitrogen and oxygen atoms in total. The number of nitrogens with one attached hydrogen (secondary N) is 1. The number of amidine groups is 1. The van der Waals surface area contributed by atoms with E-state index in [0.717, 1.165) is 10.6 Å². The van der Waals surface area contributed by atoms with Gasteiger partial charge in [0.25, 0.3) is 0 Å². The molecule has 31 heavy (non-hydrogen) atoms. The van der Waals surface area contributed by atoms with Crippen LogP contribution in [0, 0.1) is 16.9 Å². The number of carbonyl (C=O) groups is 1. The lowest BCUT2D eigenvalue weighted by molar-refractivity contribution is 0.0240. The molecule has 1 aliphatic rings. The number of nitrogens with zero attached hydrogens (tertiary/aromatic N) is 4. The quantitative estimate of drug-likeness (QED) is 0.348. The largest absolute Gasteiger partial charge is 0.444 e. The monoisotopic (exact) mass is 421 g/mol. The number of piperazine rings is 1.